The lowest BCUT2D eigenvalue weighted by atomic mass is 10.3. The van der Waals surface area contributed by atoms with Gasteiger partial charge in [-0.15, -0.1) is 0 Å². The predicted molar refractivity (Wildman–Crippen MR) is 57.9 cm³/mol. The van der Waals surface area contributed by atoms with Crippen molar-refractivity contribution < 1.29 is 9.53 Å². The maximum atomic E-state index is 11.6. The van der Waals surface area contributed by atoms with E-state index in [0.717, 1.165) is 0 Å². The molecule has 1 aromatic heterocycles. The van der Waals surface area contributed by atoms with Crippen LogP contribution in [0.2, 0.25) is 0 Å². The van der Waals surface area contributed by atoms with E-state index in [9.17, 15) is 4.79 Å². The molecule has 0 unspecified atom stereocenters. The number of ether oxygens (including phenoxy) is 1. The highest BCUT2D eigenvalue weighted by molar-refractivity contribution is 5.71. The molecule has 5 nitrogen and oxygen atoms in total. The van der Waals surface area contributed by atoms with Gasteiger partial charge in [0.2, 0.25) is 0 Å². The van der Waals surface area contributed by atoms with Crippen LogP contribution in [0.15, 0.2) is 18.3 Å². The van der Waals surface area contributed by atoms with E-state index in [-0.39, 0.29) is 11.4 Å². The highest BCUT2D eigenvalue weighted by Gasteiger charge is 2.14. The minimum atomic E-state index is -0.463. The molecule has 0 aliphatic rings. The molecular formula is C11H13N3O2. The zero-order valence-corrected chi connectivity index (χ0v) is 9.30. The monoisotopic (exact) mass is 219 g/mol. The Kier molecular flexibility index (Phi) is 4.28. The standard InChI is InChI=1S/C11H13N3O2/c1-3-14(4-2)11(15)16-10-6-5-7-13-9(10)8-12/h5-7H,3-4H2,1-2H3. The average Bonchev–Trinajstić information content (AvgIpc) is 2.31. The molecule has 1 heterocycles. The first-order valence-electron chi connectivity index (χ1n) is 5.04. The van der Waals surface area contributed by atoms with Gasteiger partial charge in [0.25, 0.3) is 0 Å². The van der Waals surface area contributed by atoms with Crippen molar-refractivity contribution in [2.75, 3.05) is 13.1 Å². The number of nitrogens with zero attached hydrogens (tertiary/aromatic N) is 3. The molecule has 0 saturated carbocycles. The number of pyridine rings is 1. The smallest absolute Gasteiger partial charge is 0.407 e. The van der Waals surface area contributed by atoms with Crippen molar-refractivity contribution in [2.45, 2.75) is 13.8 Å². The summed E-state index contributed by atoms with van der Waals surface area (Å²) in [5, 5.41) is 8.77. The molecule has 0 aliphatic carbocycles. The first-order valence-corrected chi connectivity index (χ1v) is 5.04. The quantitative estimate of drug-likeness (QED) is 0.777. The lowest BCUT2D eigenvalue weighted by Crippen LogP contribution is -2.33. The molecule has 0 saturated heterocycles. The normalized spacial score (nSPS) is 9.31. The summed E-state index contributed by atoms with van der Waals surface area (Å²) in [6, 6.07) is 5.03. The predicted octanol–water partition coefficient (Wildman–Crippen LogP) is 1.79. The number of hydrogen-bond donors (Lipinski definition) is 0. The molecule has 0 N–H and O–H groups in total. The van der Waals surface area contributed by atoms with Gasteiger partial charge in [0.15, 0.2) is 11.4 Å². The average molecular weight is 219 g/mol. The number of carbonyl (C=O) groups is 1. The highest BCUT2D eigenvalue weighted by Crippen LogP contribution is 2.14. The number of carbonyl (C=O) groups excluding carboxylic acids is 1. The van der Waals surface area contributed by atoms with Crippen LogP contribution >= 0.6 is 0 Å². The van der Waals surface area contributed by atoms with Gasteiger partial charge < -0.3 is 9.64 Å². The lowest BCUT2D eigenvalue weighted by Gasteiger charge is -2.17. The lowest BCUT2D eigenvalue weighted by molar-refractivity contribution is 0.157. The van der Waals surface area contributed by atoms with E-state index in [4.69, 9.17) is 10.00 Å². The summed E-state index contributed by atoms with van der Waals surface area (Å²) in [6.45, 7) is 4.85. The molecule has 16 heavy (non-hydrogen) atoms. The number of hydrogen-bond acceptors (Lipinski definition) is 4. The maximum Gasteiger partial charge on any atom is 0.415 e. The number of aromatic nitrogens is 1. The van der Waals surface area contributed by atoms with Gasteiger partial charge in [0, 0.05) is 19.3 Å². The van der Waals surface area contributed by atoms with Crippen molar-refractivity contribution in [3.63, 3.8) is 0 Å². The van der Waals surface area contributed by atoms with Crippen LogP contribution in [-0.2, 0) is 0 Å². The number of rotatable bonds is 3. The minimum Gasteiger partial charge on any atom is -0.407 e. The van der Waals surface area contributed by atoms with E-state index in [0.29, 0.717) is 13.1 Å². The van der Waals surface area contributed by atoms with Gasteiger partial charge in [-0.1, -0.05) is 0 Å². The summed E-state index contributed by atoms with van der Waals surface area (Å²) in [5.74, 6) is 0.196. The molecule has 1 rings (SSSR count). The minimum absolute atomic E-state index is 0.114. The van der Waals surface area contributed by atoms with Gasteiger partial charge in [0.1, 0.15) is 6.07 Å². The van der Waals surface area contributed by atoms with Crippen LogP contribution in [0.25, 0.3) is 0 Å². The molecule has 0 aliphatic heterocycles. The van der Waals surface area contributed by atoms with Crippen LogP contribution in [0.1, 0.15) is 19.5 Å². The Labute approximate surface area is 94.3 Å². The summed E-state index contributed by atoms with van der Waals surface area (Å²) in [7, 11) is 0. The number of nitriles is 1. The molecule has 0 aromatic carbocycles. The zero-order valence-electron chi connectivity index (χ0n) is 9.30. The third kappa shape index (κ3) is 2.70. The van der Waals surface area contributed by atoms with Crippen LogP contribution in [0.3, 0.4) is 0 Å². The first-order chi connectivity index (χ1) is 7.72. The second-order valence-electron chi connectivity index (χ2n) is 3.00. The molecule has 0 fully saturated rings. The van der Waals surface area contributed by atoms with E-state index < -0.39 is 6.09 Å². The molecule has 1 amide bonds. The maximum absolute atomic E-state index is 11.6. The van der Waals surface area contributed by atoms with Gasteiger partial charge in [-0.25, -0.2) is 9.78 Å². The molecule has 0 spiro atoms. The molecule has 0 bridgehead atoms. The topological polar surface area (TPSA) is 66.2 Å². The summed E-state index contributed by atoms with van der Waals surface area (Å²) in [6.07, 6.45) is 1.02. The van der Waals surface area contributed by atoms with Crippen molar-refractivity contribution in [1.29, 1.82) is 5.26 Å². The Balaban J connectivity index is 2.81. The highest BCUT2D eigenvalue weighted by atomic mass is 16.6. The first kappa shape index (κ1) is 12.0. The Morgan fingerprint density at radius 2 is 2.25 bits per heavy atom. The van der Waals surface area contributed by atoms with Gasteiger partial charge in [-0.2, -0.15) is 5.26 Å². The Hall–Kier alpha value is -2.09. The molecule has 0 radical (unpaired) electrons. The largest absolute Gasteiger partial charge is 0.415 e. The number of amides is 1. The summed E-state index contributed by atoms with van der Waals surface area (Å²) < 4.78 is 5.08. The second kappa shape index (κ2) is 5.71. The molecule has 0 atom stereocenters. The van der Waals surface area contributed by atoms with E-state index >= 15 is 0 Å². The van der Waals surface area contributed by atoms with Crippen molar-refractivity contribution in [1.82, 2.24) is 9.88 Å². The van der Waals surface area contributed by atoms with Crippen LogP contribution in [0.5, 0.6) is 5.75 Å². The van der Waals surface area contributed by atoms with Crippen LogP contribution in [0, 0.1) is 11.3 Å². The summed E-state index contributed by atoms with van der Waals surface area (Å²) in [5.41, 5.74) is 0.114. The van der Waals surface area contributed by atoms with E-state index in [1.54, 1.807) is 12.1 Å². The fraction of sp³-hybridized carbons (Fsp3) is 0.364. The van der Waals surface area contributed by atoms with Gasteiger partial charge in [0.05, 0.1) is 0 Å². The molecule has 84 valence electrons. The van der Waals surface area contributed by atoms with Gasteiger partial charge >= 0.3 is 6.09 Å². The fourth-order valence-electron chi connectivity index (χ4n) is 1.20. The van der Waals surface area contributed by atoms with Crippen molar-refractivity contribution in [2.24, 2.45) is 0 Å². The van der Waals surface area contributed by atoms with Crippen molar-refractivity contribution >= 4 is 6.09 Å². The second-order valence-corrected chi connectivity index (χ2v) is 3.00. The Morgan fingerprint density at radius 3 is 2.81 bits per heavy atom. The molecular weight excluding hydrogens is 206 g/mol. The third-order valence-electron chi connectivity index (χ3n) is 2.10. The van der Waals surface area contributed by atoms with E-state index in [1.165, 1.54) is 11.1 Å². The Morgan fingerprint density at radius 1 is 1.56 bits per heavy atom. The van der Waals surface area contributed by atoms with Crippen LogP contribution < -0.4 is 4.74 Å². The van der Waals surface area contributed by atoms with Crippen LogP contribution in [-0.4, -0.2) is 29.1 Å². The zero-order chi connectivity index (χ0) is 12.0. The van der Waals surface area contributed by atoms with Gasteiger partial charge in [-0.05, 0) is 26.0 Å². The fourth-order valence-corrected chi connectivity index (χ4v) is 1.20. The van der Waals surface area contributed by atoms with Gasteiger partial charge in [-0.3, -0.25) is 0 Å². The van der Waals surface area contributed by atoms with E-state index in [2.05, 4.69) is 4.98 Å². The van der Waals surface area contributed by atoms with E-state index in [1.807, 2.05) is 19.9 Å². The summed E-state index contributed by atoms with van der Waals surface area (Å²) >= 11 is 0. The summed E-state index contributed by atoms with van der Waals surface area (Å²) in [4.78, 5) is 16.9. The molecule has 1 aromatic rings. The SMILES string of the molecule is CCN(CC)C(=O)Oc1cccnc1C#N. The Bertz CT molecular complexity index is 408. The third-order valence-corrected chi connectivity index (χ3v) is 2.10. The molecule has 5 heteroatoms. The van der Waals surface area contributed by atoms with Crippen LogP contribution in [0.4, 0.5) is 4.79 Å². The van der Waals surface area contributed by atoms with Crippen molar-refractivity contribution in [3.05, 3.63) is 24.0 Å². The van der Waals surface area contributed by atoms with Crippen molar-refractivity contribution in [3.8, 4) is 11.8 Å².